The van der Waals surface area contributed by atoms with Gasteiger partial charge in [0.05, 0.1) is 5.69 Å². The number of hydrogen-bond donors (Lipinski definition) is 0. The lowest BCUT2D eigenvalue weighted by atomic mass is 9.97. The second-order valence-corrected chi connectivity index (χ2v) is 7.54. The van der Waals surface area contributed by atoms with Gasteiger partial charge in [-0.1, -0.05) is 50.2 Å². The van der Waals surface area contributed by atoms with Crippen molar-refractivity contribution < 1.29 is 8.53 Å². The summed E-state index contributed by atoms with van der Waals surface area (Å²) in [6.45, 7) is 2.09. The van der Waals surface area contributed by atoms with Crippen molar-refractivity contribution in [2.24, 2.45) is 0 Å². The average Bonchev–Trinajstić information content (AvgIpc) is 3.17. The van der Waals surface area contributed by atoms with Gasteiger partial charge in [0.25, 0.3) is 0 Å². The number of benzene rings is 2. The van der Waals surface area contributed by atoms with E-state index in [-0.39, 0.29) is 5.69 Å². The fourth-order valence-electron chi connectivity index (χ4n) is 3.72. The molecular weight excluding hydrogens is 356 g/mol. The summed E-state index contributed by atoms with van der Waals surface area (Å²) in [5.41, 5.74) is 6.14. The summed E-state index contributed by atoms with van der Waals surface area (Å²) in [5, 5.41) is 1.67. The Morgan fingerprint density at radius 2 is 1.76 bits per heavy atom. The minimum absolute atomic E-state index is 0.0239. The topological polar surface area (TPSA) is 38.9 Å². The van der Waals surface area contributed by atoms with E-state index >= 15 is 0 Å². The van der Waals surface area contributed by atoms with Crippen LogP contribution in [0.3, 0.4) is 0 Å². The molecule has 5 aromatic rings. The normalized spacial score (nSPS) is 13.6. The fourth-order valence-corrected chi connectivity index (χ4v) is 3.72. The molecule has 0 aliphatic carbocycles. The van der Waals surface area contributed by atoms with Gasteiger partial charge in [-0.05, 0) is 59.8 Å². The molecule has 2 aromatic carbocycles. The van der Waals surface area contributed by atoms with Crippen LogP contribution >= 0.6 is 0 Å². The Bertz CT molecular complexity index is 1450. The number of fused-ring (bicyclic) bond motifs is 3. The van der Waals surface area contributed by atoms with Gasteiger partial charge in [0, 0.05) is 32.3 Å². The van der Waals surface area contributed by atoms with E-state index in [9.17, 15) is 0 Å². The van der Waals surface area contributed by atoms with Crippen molar-refractivity contribution in [3.05, 3.63) is 84.2 Å². The molecule has 0 radical (unpaired) electrons. The first-order valence-electron chi connectivity index (χ1n) is 11.2. The van der Waals surface area contributed by atoms with Crippen molar-refractivity contribution in [3.8, 4) is 22.4 Å². The molecule has 142 valence electrons. The molecule has 0 amide bonds. The van der Waals surface area contributed by atoms with Crippen LogP contribution in [-0.2, 0) is 0 Å². The number of aromatic nitrogens is 2. The van der Waals surface area contributed by atoms with Crippen molar-refractivity contribution >= 4 is 22.1 Å². The summed E-state index contributed by atoms with van der Waals surface area (Å²) >= 11 is 0. The van der Waals surface area contributed by atoms with Crippen LogP contribution in [-0.4, -0.2) is 9.97 Å². The summed E-state index contributed by atoms with van der Waals surface area (Å²) in [4.78, 5) is 8.86. The van der Waals surface area contributed by atoms with Crippen LogP contribution in [0.4, 0.5) is 0 Å². The number of para-hydroxylation sites is 1. The van der Waals surface area contributed by atoms with Crippen LogP contribution in [0, 0.1) is 6.85 Å². The molecule has 3 nitrogen and oxygen atoms in total. The third kappa shape index (κ3) is 3.09. The van der Waals surface area contributed by atoms with E-state index < -0.39 is 6.85 Å². The summed E-state index contributed by atoms with van der Waals surface area (Å²) in [6, 6.07) is 21.8. The first-order valence-corrected chi connectivity index (χ1v) is 9.71. The highest BCUT2D eigenvalue weighted by molar-refractivity contribution is 6.08. The molecular formula is C26H22N2O. The van der Waals surface area contributed by atoms with Gasteiger partial charge in [-0.25, -0.2) is 4.98 Å². The van der Waals surface area contributed by atoms with Crippen molar-refractivity contribution in [1.29, 1.82) is 0 Å². The zero-order valence-corrected chi connectivity index (χ0v) is 16.3. The molecule has 0 bridgehead atoms. The van der Waals surface area contributed by atoms with Crippen molar-refractivity contribution in [2.75, 3.05) is 0 Å². The van der Waals surface area contributed by atoms with E-state index in [0.29, 0.717) is 17.2 Å². The molecule has 0 unspecified atom stereocenters. The number of rotatable bonds is 3. The molecule has 5 rings (SSSR count). The molecule has 29 heavy (non-hydrogen) atoms. The first-order chi connectivity index (χ1) is 15.3. The van der Waals surface area contributed by atoms with Crippen molar-refractivity contribution in [3.63, 3.8) is 0 Å². The van der Waals surface area contributed by atoms with Crippen LogP contribution < -0.4 is 0 Å². The minimum Gasteiger partial charge on any atom is -0.437 e. The lowest BCUT2D eigenvalue weighted by Crippen LogP contribution is -1.89. The van der Waals surface area contributed by atoms with Gasteiger partial charge in [-0.2, -0.15) is 0 Å². The summed E-state index contributed by atoms with van der Waals surface area (Å²) in [7, 11) is 0. The zero-order valence-electron chi connectivity index (χ0n) is 19.3. The first kappa shape index (κ1) is 14.5. The maximum atomic E-state index is 7.63. The maximum absolute atomic E-state index is 7.63. The lowest BCUT2D eigenvalue weighted by Gasteiger charge is -2.09. The zero-order chi connectivity index (χ0) is 22.5. The predicted molar refractivity (Wildman–Crippen MR) is 119 cm³/mol. The van der Waals surface area contributed by atoms with E-state index in [1.54, 1.807) is 12.3 Å². The van der Waals surface area contributed by atoms with Gasteiger partial charge in [0.15, 0.2) is 0 Å². The van der Waals surface area contributed by atoms with E-state index in [2.05, 4.69) is 54.1 Å². The molecule has 0 aliphatic heterocycles. The maximum Gasteiger partial charge on any atom is 0.227 e. The molecule has 0 fully saturated rings. The number of pyridine rings is 2. The monoisotopic (exact) mass is 381 g/mol. The van der Waals surface area contributed by atoms with Gasteiger partial charge in [-0.15, -0.1) is 0 Å². The molecule has 3 aromatic heterocycles. The molecule has 3 heterocycles. The van der Waals surface area contributed by atoms with Crippen molar-refractivity contribution in [1.82, 2.24) is 9.97 Å². The molecule has 0 atom stereocenters. The van der Waals surface area contributed by atoms with Gasteiger partial charge < -0.3 is 4.42 Å². The summed E-state index contributed by atoms with van der Waals surface area (Å²) < 4.78 is 28.9. The number of nitrogens with zero attached hydrogens (tertiary/aromatic N) is 2. The Kier molecular flexibility index (Phi) is 3.43. The standard InChI is InChI=1S/C26H22N2O/c1-16(2)18-6-4-7-19(14-18)20-12-13-27-24(15-20)23-9-5-8-21-22-11-10-17(3)28-26(22)29-25(21)23/h4-16H,1-3H3/i3D3. The highest BCUT2D eigenvalue weighted by Crippen LogP contribution is 2.35. The number of furan rings is 1. The predicted octanol–water partition coefficient (Wildman–Crippen LogP) is 7.14. The van der Waals surface area contributed by atoms with Crippen LogP contribution in [0.15, 0.2) is 77.3 Å². The van der Waals surface area contributed by atoms with Crippen LogP contribution in [0.2, 0.25) is 0 Å². The lowest BCUT2D eigenvalue weighted by molar-refractivity contribution is 0.653. The molecule has 0 N–H and O–H groups in total. The summed E-state index contributed by atoms with van der Waals surface area (Å²) in [6.07, 6.45) is 1.80. The van der Waals surface area contributed by atoms with Crippen LogP contribution in [0.5, 0.6) is 0 Å². The van der Waals surface area contributed by atoms with Gasteiger partial charge in [0.2, 0.25) is 5.71 Å². The third-order valence-electron chi connectivity index (χ3n) is 5.29. The number of hydrogen-bond acceptors (Lipinski definition) is 3. The Labute approximate surface area is 174 Å². The average molecular weight is 381 g/mol. The SMILES string of the molecule is [2H]C([2H])([2H])c1ccc2c(n1)oc1c(-c3cc(-c4cccc(C(C)C)c4)ccn3)cccc12. The fraction of sp³-hybridized carbons (Fsp3) is 0.154. The number of aryl methyl sites for hydroxylation is 1. The second kappa shape index (κ2) is 6.85. The highest BCUT2D eigenvalue weighted by atomic mass is 16.3. The van der Waals surface area contributed by atoms with E-state index in [0.717, 1.165) is 33.2 Å². The van der Waals surface area contributed by atoms with E-state index in [1.807, 2.05) is 24.3 Å². The quantitative estimate of drug-likeness (QED) is 0.333. The smallest absolute Gasteiger partial charge is 0.227 e. The van der Waals surface area contributed by atoms with E-state index in [4.69, 9.17) is 8.53 Å². The molecule has 0 aliphatic rings. The largest absolute Gasteiger partial charge is 0.437 e. The van der Waals surface area contributed by atoms with E-state index in [1.165, 1.54) is 11.6 Å². The molecule has 0 spiro atoms. The van der Waals surface area contributed by atoms with Crippen molar-refractivity contribution in [2.45, 2.75) is 26.6 Å². The Hall–Kier alpha value is -3.46. The highest BCUT2D eigenvalue weighted by Gasteiger charge is 2.14. The van der Waals surface area contributed by atoms with Gasteiger partial charge in [0.1, 0.15) is 5.58 Å². The Balaban J connectivity index is 1.65. The van der Waals surface area contributed by atoms with Crippen LogP contribution in [0.1, 0.15) is 35.1 Å². The third-order valence-corrected chi connectivity index (χ3v) is 5.29. The molecule has 0 saturated heterocycles. The Morgan fingerprint density at radius 1 is 0.897 bits per heavy atom. The summed E-state index contributed by atoms with van der Waals surface area (Å²) in [5.74, 6) is 0.452. The van der Waals surface area contributed by atoms with Gasteiger partial charge in [-0.3, -0.25) is 4.98 Å². The minimum atomic E-state index is -2.28. The van der Waals surface area contributed by atoms with Gasteiger partial charge >= 0.3 is 0 Å². The Morgan fingerprint density at radius 3 is 2.62 bits per heavy atom. The molecule has 3 heteroatoms. The second-order valence-electron chi connectivity index (χ2n) is 7.54. The molecule has 0 saturated carbocycles. The van der Waals surface area contributed by atoms with Crippen LogP contribution in [0.25, 0.3) is 44.5 Å².